The highest BCUT2D eigenvalue weighted by Crippen LogP contribution is 2.22. The number of rotatable bonds is 8. The highest BCUT2D eigenvalue weighted by molar-refractivity contribution is 5.55. The molecule has 0 aliphatic carbocycles. The predicted octanol–water partition coefficient (Wildman–Crippen LogP) is 2.63. The van der Waals surface area contributed by atoms with Gasteiger partial charge in [-0.25, -0.2) is 0 Å². The van der Waals surface area contributed by atoms with Gasteiger partial charge in [-0.05, 0) is 31.5 Å². The van der Waals surface area contributed by atoms with Gasteiger partial charge in [0.1, 0.15) is 5.75 Å². The lowest BCUT2D eigenvalue weighted by molar-refractivity contribution is 0.416. The average molecular weight is 222 g/mol. The van der Waals surface area contributed by atoms with Crippen LogP contribution in [0.1, 0.15) is 25.7 Å². The Balaban J connectivity index is 2.21. The molecular formula is C13H22N2O. The first kappa shape index (κ1) is 12.8. The lowest BCUT2D eigenvalue weighted by Crippen LogP contribution is -2.03. The Hall–Kier alpha value is -1.22. The Morgan fingerprint density at radius 1 is 1.12 bits per heavy atom. The van der Waals surface area contributed by atoms with Crippen LogP contribution in [-0.2, 0) is 0 Å². The van der Waals surface area contributed by atoms with Gasteiger partial charge in [0, 0.05) is 6.54 Å². The Morgan fingerprint density at radius 2 is 1.88 bits per heavy atom. The van der Waals surface area contributed by atoms with Crippen LogP contribution in [0.3, 0.4) is 0 Å². The van der Waals surface area contributed by atoms with E-state index in [-0.39, 0.29) is 0 Å². The van der Waals surface area contributed by atoms with Crippen LogP contribution in [0.5, 0.6) is 5.75 Å². The molecule has 0 aliphatic rings. The van der Waals surface area contributed by atoms with E-state index in [0.717, 1.165) is 30.9 Å². The Kier molecular flexibility index (Phi) is 6.42. The van der Waals surface area contributed by atoms with E-state index in [9.17, 15) is 0 Å². The van der Waals surface area contributed by atoms with Crippen LogP contribution in [0.25, 0.3) is 0 Å². The molecule has 1 aromatic carbocycles. The first-order chi connectivity index (χ1) is 7.88. The maximum atomic E-state index is 5.44. The molecule has 0 heterocycles. The topological polar surface area (TPSA) is 47.3 Å². The molecule has 90 valence electrons. The molecule has 1 aromatic rings. The Morgan fingerprint density at radius 3 is 2.62 bits per heavy atom. The lowest BCUT2D eigenvalue weighted by atomic mass is 10.2. The zero-order valence-corrected chi connectivity index (χ0v) is 10.0. The van der Waals surface area contributed by atoms with Gasteiger partial charge < -0.3 is 15.8 Å². The number of nitrogens with two attached hydrogens (primary N) is 1. The van der Waals surface area contributed by atoms with Gasteiger partial charge in [0.15, 0.2) is 0 Å². The molecule has 0 radical (unpaired) electrons. The predicted molar refractivity (Wildman–Crippen MR) is 69.0 cm³/mol. The first-order valence-electron chi connectivity index (χ1n) is 5.95. The highest BCUT2D eigenvalue weighted by Gasteiger charge is 1.99. The molecule has 3 nitrogen and oxygen atoms in total. The van der Waals surface area contributed by atoms with E-state index in [1.165, 1.54) is 19.3 Å². The third-order valence-electron chi connectivity index (χ3n) is 2.55. The van der Waals surface area contributed by atoms with Crippen LogP contribution >= 0.6 is 0 Å². The number of ether oxygens (including phenoxy) is 1. The van der Waals surface area contributed by atoms with Crippen molar-refractivity contribution in [3.63, 3.8) is 0 Å². The third kappa shape index (κ3) is 4.53. The Bertz CT molecular complexity index is 289. The number of hydrogen-bond acceptors (Lipinski definition) is 3. The number of nitrogens with one attached hydrogen (secondary N) is 1. The van der Waals surface area contributed by atoms with E-state index < -0.39 is 0 Å². The number of anilines is 1. The number of benzene rings is 1. The third-order valence-corrected chi connectivity index (χ3v) is 2.55. The second-order valence-corrected chi connectivity index (χ2v) is 3.83. The van der Waals surface area contributed by atoms with Crippen LogP contribution in [0, 0.1) is 0 Å². The fourth-order valence-corrected chi connectivity index (χ4v) is 1.64. The van der Waals surface area contributed by atoms with E-state index in [4.69, 9.17) is 10.5 Å². The van der Waals surface area contributed by atoms with Crippen molar-refractivity contribution in [1.29, 1.82) is 0 Å². The number of unbranched alkanes of at least 4 members (excludes halogenated alkanes) is 3. The van der Waals surface area contributed by atoms with Gasteiger partial charge in [-0.15, -0.1) is 0 Å². The van der Waals surface area contributed by atoms with Crippen molar-refractivity contribution >= 4 is 5.69 Å². The normalized spacial score (nSPS) is 10.1. The minimum atomic E-state index is 0.805. The van der Waals surface area contributed by atoms with Gasteiger partial charge in [0.25, 0.3) is 0 Å². The minimum Gasteiger partial charge on any atom is -0.495 e. The SMILES string of the molecule is COc1ccccc1NCCCCCCN. The van der Waals surface area contributed by atoms with Gasteiger partial charge in [-0.1, -0.05) is 25.0 Å². The maximum Gasteiger partial charge on any atom is 0.141 e. The van der Waals surface area contributed by atoms with Crippen molar-refractivity contribution in [3.8, 4) is 5.75 Å². The first-order valence-corrected chi connectivity index (χ1v) is 5.95. The Labute approximate surface area is 98.0 Å². The fraction of sp³-hybridized carbons (Fsp3) is 0.538. The van der Waals surface area contributed by atoms with E-state index in [1.54, 1.807) is 7.11 Å². The average Bonchev–Trinajstić information content (AvgIpc) is 2.34. The monoisotopic (exact) mass is 222 g/mol. The highest BCUT2D eigenvalue weighted by atomic mass is 16.5. The summed E-state index contributed by atoms with van der Waals surface area (Å²) in [5, 5.41) is 3.38. The van der Waals surface area contributed by atoms with Crippen molar-refractivity contribution in [2.45, 2.75) is 25.7 Å². The molecule has 1 rings (SSSR count). The molecule has 0 saturated carbocycles. The van der Waals surface area contributed by atoms with Crippen LogP contribution in [0.15, 0.2) is 24.3 Å². The lowest BCUT2D eigenvalue weighted by Gasteiger charge is -2.10. The molecule has 3 heteroatoms. The zero-order chi connectivity index (χ0) is 11.6. The fourth-order valence-electron chi connectivity index (χ4n) is 1.64. The molecule has 16 heavy (non-hydrogen) atoms. The molecular weight excluding hydrogens is 200 g/mol. The van der Waals surface area contributed by atoms with Gasteiger partial charge >= 0.3 is 0 Å². The van der Waals surface area contributed by atoms with E-state index >= 15 is 0 Å². The summed E-state index contributed by atoms with van der Waals surface area (Å²) in [5.74, 6) is 0.907. The van der Waals surface area contributed by atoms with Crippen LogP contribution in [0.2, 0.25) is 0 Å². The van der Waals surface area contributed by atoms with Crippen molar-refractivity contribution in [3.05, 3.63) is 24.3 Å². The molecule has 0 atom stereocenters. The van der Waals surface area contributed by atoms with Crippen LogP contribution < -0.4 is 15.8 Å². The van der Waals surface area contributed by atoms with Crippen LogP contribution in [-0.4, -0.2) is 20.2 Å². The summed E-state index contributed by atoms with van der Waals surface area (Å²) >= 11 is 0. The molecule has 0 fully saturated rings. The summed E-state index contributed by atoms with van der Waals surface area (Å²) in [6, 6.07) is 8.00. The van der Waals surface area contributed by atoms with Crippen molar-refractivity contribution < 1.29 is 4.74 Å². The van der Waals surface area contributed by atoms with Gasteiger partial charge in [-0.2, -0.15) is 0 Å². The van der Waals surface area contributed by atoms with E-state index in [0.29, 0.717) is 0 Å². The summed E-state index contributed by atoms with van der Waals surface area (Å²) in [6.07, 6.45) is 4.77. The summed E-state index contributed by atoms with van der Waals surface area (Å²) in [6.45, 7) is 1.80. The largest absolute Gasteiger partial charge is 0.495 e. The van der Waals surface area contributed by atoms with E-state index in [1.807, 2.05) is 24.3 Å². The molecule has 0 aromatic heterocycles. The molecule has 0 aliphatic heterocycles. The maximum absolute atomic E-state index is 5.44. The molecule has 0 amide bonds. The molecule has 0 saturated heterocycles. The minimum absolute atomic E-state index is 0.805. The molecule has 0 spiro atoms. The molecule has 0 bridgehead atoms. The molecule has 0 unspecified atom stereocenters. The number of methoxy groups -OCH3 is 1. The summed E-state index contributed by atoms with van der Waals surface area (Å²) in [5.41, 5.74) is 6.51. The number of hydrogen-bond donors (Lipinski definition) is 2. The quantitative estimate of drug-likeness (QED) is 0.665. The van der Waals surface area contributed by atoms with Crippen LogP contribution in [0.4, 0.5) is 5.69 Å². The summed E-state index contributed by atoms with van der Waals surface area (Å²) < 4.78 is 5.26. The summed E-state index contributed by atoms with van der Waals surface area (Å²) in [4.78, 5) is 0. The van der Waals surface area contributed by atoms with E-state index in [2.05, 4.69) is 5.32 Å². The summed E-state index contributed by atoms with van der Waals surface area (Å²) in [7, 11) is 1.70. The second-order valence-electron chi connectivity index (χ2n) is 3.83. The number of para-hydroxylation sites is 2. The van der Waals surface area contributed by atoms with Gasteiger partial charge in [-0.3, -0.25) is 0 Å². The van der Waals surface area contributed by atoms with Gasteiger partial charge in [0.05, 0.1) is 12.8 Å². The van der Waals surface area contributed by atoms with Gasteiger partial charge in [0.2, 0.25) is 0 Å². The van der Waals surface area contributed by atoms with Crippen molar-refractivity contribution in [2.24, 2.45) is 5.73 Å². The van der Waals surface area contributed by atoms with Crippen molar-refractivity contribution in [2.75, 3.05) is 25.5 Å². The smallest absolute Gasteiger partial charge is 0.141 e. The second kappa shape index (κ2) is 7.99. The zero-order valence-electron chi connectivity index (χ0n) is 10.0. The van der Waals surface area contributed by atoms with Crippen molar-refractivity contribution in [1.82, 2.24) is 0 Å². The molecule has 3 N–H and O–H groups in total. The standard InChI is InChI=1S/C13H22N2O/c1-16-13-9-5-4-8-12(13)15-11-7-3-2-6-10-14/h4-5,8-9,15H,2-3,6-7,10-11,14H2,1H3.